The highest BCUT2D eigenvalue weighted by atomic mass is 16.5. The molecule has 3 atom stereocenters. The standard InChI is InChI=1S/C16H25NO2/c1-4-19-16(7-5-6-12(2)9-16)15(18)14-8-13(3)10-17-11-14/h8,10-12,15,18H,4-7,9H2,1-3H3. The third-order valence-corrected chi connectivity index (χ3v) is 4.13. The summed E-state index contributed by atoms with van der Waals surface area (Å²) in [6, 6.07) is 2.01. The zero-order valence-electron chi connectivity index (χ0n) is 12.2. The zero-order chi connectivity index (χ0) is 13.9. The minimum absolute atomic E-state index is 0.429. The second-order valence-corrected chi connectivity index (χ2v) is 5.90. The Balaban J connectivity index is 2.27. The number of hydrogen-bond donors (Lipinski definition) is 1. The van der Waals surface area contributed by atoms with Gasteiger partial charge in [0.15, 0.2) is 0 Å². The van der Waals surface area contributed by atoms with Crippen molar-refractivity contribution in [2.24, 2.45) is 5.92 Å². The number of aliphatic hydroxyl groups excluding tert-OH is 1. The van der Waals surface area contributed by atoms with Crippen molar-refractivity contribution in [2.75, 3.05) is 6.61 Å². The molecule has 3 nitrogen and oxygen atoms in total. The lowest BCUT2D eigenvalue weighted by Gasteiger charge is -2.43. The second-order valence-electron chi connectivity index (χ2n) is 5.90. The molecule has 1 aliphatic carbocycles. The molecule has 0 saturated heterocycles. The van der Waals surface area contributed by atoms with E-state index in [0.717, 1.165) is 30.4 Å². The molecular weight excluding hydrogens is 238 g/mol. The van der Waals surface area contributed by atoms with Gasteiger partial charge in [0.25, 0.3) is 0 Å². The molecule has 0 spiro atoms. The van der Waals surface area contributed by atoms with Crippen LogP contribution in [0.2, 0.25) is 0 Å². The molecule has 19 heavy (non-hydrogen) atoms. The van der Waals surface area contributed by atoms with Crippen LogP contribution < -0.4 is 0 Å². The molecule has 1 fully saturated rings. The molecule has 0 aromatic carbocycles. The van der Waals surface area contributed by atoms with Crippen LogP contribution >= 0.6 is 0 Å². The van der Waals surface area contributed by atoms with Crippen molar-refractivity contribution in [2.45, 2.75) is 58.2 Å². The number of nitrogens with zero attached hydrogens (tertiary/aromatic N) is 1. The topological polar surface area (TPSA) is 42.4 Å². The predicted octanol–water partition coefficient (Wildman–Crippen LogP) is 3.41. The van der Waals surface area contributed by atoms with Crippen LogP contribution in [0.5, 0.6) is 0 Å². The zero-order valence-corrected chi connectivity index (χ0v) is 12.2. The molecule has 0 radical (unpaired) electrons. The Labute approximate surface area is 116 Å². The highest BCUT2D eigenvalue weighted by molar-refractivity contribution is 5.22. The summed E-state index contributed by atoms with van der Waals surface area (Å²) in [6.45, 7) is 6.89. The smallest absolute Gasteiger partial charge is 0.109 e. The summed E-state index contributed by atoms with van der Waals surface area (Å²) < 4.78 is 6.02. The van der Waals surface area contributed by atoms with E-state index in [0.29, 0.717) is 12.5 Å². The summed E-state index contributed by atoms with van der Waals surface area (Å²) in [5.41, 5.74) is 1.52. The van der Waals surface area contributed by atoms with Crippen molar-refractivity contribution in [1.29, 1.82) is 0 Å². The van der Waals surface area contributed by atoms with Crippen molar-refractivity contribution in [3.05, 3.63) is 29.6 Å². The monoisotopic (exact) mass is 263 g/mol. The minimum atomic E-state index is -0.581. The molecule has 3 unspecified atom stereocenters. The maximum Gasteiger partial charge on any atom is 0.109 e. The number of pyridine rings is 1. The van der Waals surface area contributed by atoms with E-state index < -0.39 is 11.7 Å². The average molecular weight is 263 g/mol. The summed E-state index contributed by atoms with van der Waals surface area (Å²) in [7, 11) is 0. The van der Waals surface area contributed by atoms with Gasteiger partial charge >= 0.3 is 0 Å². The number of aryl methyl sites for hydroxylation is 1. The largest absolute Gasteiger partial charge is 0.385 e. The summed E-state index contributed by atoms with van der Waals surface area (Å²) in [5.74, 6) is 0.604. The van der Waals surface area contributed by atoms with E-state index in [1.54, 1.807) is 6.20 Å². The van der Waals surface area contributed by atoms with Crippen molar-refractivity contribution in [3.8, 4) is 0 Å². The first-order valence-corrected chi connectivity index (χ1v) is 7.31. The first-order chi connectivity index (χ1) is 9.07. The Bertz CT molecular complexity index is 417. The van der Waals surface area contributed by atoms with Gasteiger partial charge in [-0.25, -0.2) is 0 Å². The summed E-state index contributed by atoms with van der Waals surface area (Å²) in [5, 5.41) is 10.8. The van der Waals surface area contributed by atoms with E-state index in [1.165, 1.54) is 6.42 Å². The molecule has 1 aromatic rings. The summed E-state index contributed by atoms with van der Waals surface area (Å²) in [6.07, 6.45) is 7.20. The molecular formula is C16H25NO2. The van der Waals surface area contributed by atoms with Crippen LogP contribution in [-0.4, -0.2) is 22.3 Å². The number of rotatable bonds is 4. The summed E-state index contributed by atoms with van der Waals surface area (Å²) >= 11 is 0. The highest BCUT2D eigenvalue weighted by Gasteiger charge is 2.42. The fourth-order valence-corrected chi connectivity index (χ4v) is 3.32. The molecule has 106 valence electrons. The van der Waals surface area contributed by atoms with Gasteiger partial charge in [-0.2, -0.15) is 0 Å². The van der Waals surface area contributed by atoms with E-state index in [9.17, 15) is 5.11 Å². The van der Waals surface area contributed by atoms with Gasteiger partial charge in [0.05, 0.1) is 5.60 Å². The fraction of sp³-hybridized carbons (Fsp3) is 0.688. The lowest BCUT2D eigenvalue weighted by atomic mass is 9.74. The molecule has 1 aliphatic rings. The van der Waals surface area contributed by atoms with Crippen LogP contribution in [0, 0.1) is 12.8 Å². The molecule has 3 heteroatoms. The Morgan fingerprint density at radius 2 is 2.32 bits per heavy atom. The molecule has 2 rings (SSSR count). The van der Waals surface area contributed by atoms with E-state index in [1.807, 2.05) is 26.1 Å². The Hall–Kier alpha value is -0.930. The van der Waals surface area contributed by atoms with Crippen molar-refractivity contribution >= 4 is 0 Å². The predicted molar refractivity (Wildman–Crippen MR) is 75.9 cm³/mol. The van der Waals surface area contributed by atoms with Crippen molar-refractivity contribution in [1.82, 2.24) is 4.98 Å². The molecule has 1 N–H and O–H groups in total. The Morgan fingerprint density at radius 3 is 2.95 bits per heavy atom. The molecule has 1 aromatic heterocycles. The van der Waals surface area contributed by atoms with Crippen LogP contribution in [0.3, 0.4) is 0 Å². The van der Waals surface area contributed by atoms with Gasteiger partial charge in [0.2, 0.25) is 0 Å². The van der Waals surface area contributed by atoms with Gasteiger partial charge < -0.3 is 9.84 Å². The third-order valence-electron chi connectivity index (χ3n) is 4.13. The quantitative estimate of drug-likeness (QED) is 0.905. The van der Waals surface area contributed by atoms with Gasteiger partial charge in [-0.15, -0.1) is 0 Å². The van der Waals surface area contributed by atoms with E-state index in [2.05, 4.69) is 11.9 Å². The van der Waals surface area contributed by atoms with E-state index >= 15 is 0 Å². The van der Waals surface area contributed by atoms with Crippen LogP contribution in [0.25, 0.3) is 0 Å². The van der Waals surface area contributed by atoms with Gasteiger partial charge in [-0.3, -0.25) is 4.98 Å². The van der Waals surface area contributed by atoms with Crippen molar-refractivity contribution in [3.63, 3.8) is 0 Å². The lowest BCUT2D eigenvalue weighted by molar-refractivity contribution is -0.150. The number of hydrogen-bond acceptors (Lipinski definition) is 3. The SMILES string of the molecule is CCOC1(C(O)c2cncc(C)c2)CCCC(C)C1. The molecule has 0 amide bonds. The first-order valence-electron chi connectivity index (χ1n) is 7.31. The molecule has 1 heterocycles. The third kappa shape index (κ3) is 3.15. The molecule has 0 aliphatic heterocycles. The van der Waals surface area contributed by atoms with Gasteiger partial charge in [0, 0.05) is 24.6 Å². The number of aliphatic hydroxyl groups is 1. The maximum atomic E-state index is 10.8. The lowest BCUT2D eigenvalue weighted by Crippen LogP contribution is -2.43. The second kappa shape index (κ2) is 6.02. The van der Waals surface area contributed by atoms with Crippen molar-refractivity contribution < 1.29 is 9.84 Å². The van der Waals surface area contributed by atoms with E-state index in [-0.39, 0.29) is 0 Å². The normalized spacial score (nSPS) is 29.2. The van der Waals surface area contributed by atoms with Gasteiger partial charge in [-0.1, -0.05) is 25.8 Å². The Kier molecular flexibility index (Phi) is 4.58. The maximum absolute atomic E-state index is 10.8. The van der Waals surface area contributed by atoms with Crippen LogP contribution in [0.1, 0.15) is 56.8 Å². The van der Waals surface area contributed by atoms with Crippen LogP contribution in [0.4, 0.5) is 0 Å². The minimum Gasteiger partial charge on any atom is -0.385 e. The number of ether oxygens (including phenoxy) is 1. The van der Waals surface area contributed by atoms with Crippen LogP contribution in [-0.2, 0) is 4.74 Å². The Morgan fingerprint density at radius 1 is 1.53 bits per heavy atom. The van der Waals surface area contributed by atoms with Gasteiger partial charge in [-0.05, 0) is 38.2 Å². The first kappa shape index (κ1) is 14.5. The highest BCUT2D eigenvalue weighted by Crippen LogP contribution is 2.43. The molecule has 1 saturated carbocycles. The average Bonchev–Trinajstić information content (AvgIpc) is 2.38. The van der Waals surface area contributed by atoms with E-state index in [4.69, 9.17) is 4.74 Å². The number of aromatic nitrogens is 1. The van der Waals surface area contributed by atoms with Crippen LogP contribution in [0.15, 0.2) is 18.5 Å². The van der Waals surface area contributed by atoms with Gasteiger partial charge in [0.1, 0.15) is 6.10 Å². The molecule has 0 bridgehead atoms. The fourth-order valence-electron chi connectivity index (χ4n) is 3.32. The summed E-state index contributed by atoms with van der Waals surface area (Å²) in [4.78, 5) is 4.19.